The van der Waals surface area contributed by atoms with E-state index in [1.54, 1.807) is 17.1 Å². The molecule has 0 radical (unpaired) electrons. The Hall–Kier alpha value is -2.26. The molecular weight excluding hydrogens is 384 g/mol. The quantitative estimate of drug-likeness (QED) is 0.671. The summed E-state index contributed by atoms with van der Waals surface area (Å²) >= 11 is 4.52. The highest BCUT2D eigenvalue weighted by atomic mass is 79.9. The summed E-state index contributed by atoms with van der Waals surface area (Å²) in [6.45, 7) is -0.362. The summed E-state index contributed by atoms with van der Waals surface area (Å²) in [5.74, 6) is -0.945. The Kier molecular flexibility index (Phi) is 4.68. The maximum absolute atomic E-state index is 11.8. The number of hydrogen-bond acceptors (Lipinski definition) is 6. The van der Waals surface area contributed by atoms with E-state index in [4.69, 9.17) is 4.74 Å². The van der Waals surface area contributed by atoms with Crippen LogP contribution in [0.3, 0.4) is 0 Å². The number of esters is 1. The molecule has 0 aliphatic carbocycles. The Morgan fingerprint density at radius 1 is 1.30 bits per heavy atom. The van der Waals surface area contributed by atoms with Crippen LogP contribution < -0.4 is 5.32 Å². The summed E-state index contributed by atoms with van der Waals surface area (Å²) in [5, 5.41) is 2.99. The number of fused-ring (bicyclic) bond motifs is 1. The summed E-state index contributed by atoms with van der Waals surface area (Å²) < 4.78 is 7.45. The topological polar surface area (TPSA) is 86.1 Å². The number of benzene rings is 1. The molecule has 2 aromatic heterocycles. The third kappa shape index (κ3) is 3.93. The highest BCUT2D eigenvalue weighted by Gasteiger charge is 2.11. The first-order chi connectivity index (χ1) is 11.1. The third-order valence-corrected chi connectivity index (χ3v) is 4.31. The Morgan fingerprint density at radius 2 is 2.13 bits per heavy atom. The number of rotatable bonds is 5. The van der Waals surface area contributed by atoms with E-state index in [1.807, 2.05) is 24.3 Å². The Balaban J connectivity index is 1.52. The zero-order chi connectivity index (χ0) is 16.2. The van der Waals surface area contributed by atoms with Gasteiger partial charge in [-0.3, -0.25) is 14.9 Å². The second-order valence-electron chi connectivity index (χ2n) is 4.54. The molecular formula is C14H11BrN4O3S. The minimum absolute atomic E-state index is 0.00338. The lowest BCUT2D eigenvalue weighted by Crippen LogP contribution is -2.22. The van der Waals surface area contributed by atoms with Crippen LogP contribution in [0.5, 0.6) is 0 Å². The molecule has 2 heterocycles. The van der Waals surface area contributed by atoms with Crippen molar-refractivity contribution < 1.29 is 14.3 Å². The van der Waals surface area contributed by atoms with Gasteiger partial charge in [0.15, 0.2) is 11.7 Å². The maximum atomic E-state index is 11.8. The second-order valence-corrected chi connectivity index (χ2v) is 6.95. The van der Waals surface area contributed by atoms with E-state index in [0.29, 0.717) is 5.13 Å². The Morgan fingerprint density at radius 3 is 2.91 bits per heavy atom. The first kappa shape index (κ1) is 15.6. The van der Waals surface area contributed by atoms with Gasteiger partial charge in [0.25, 0.3) is 5.91 Å². The highest BCUT2D eigenvalue weighted by Crippen LogP contribution is 2.22. The van der Waals surface area contributed by atoms with Crippen LogP contribution in [0.4, 0.5) is 5.13 Å². The molecule has 1 aromatic carbocycles. The molecule has 0 unspecified atom stereocenters. The predicted octanol–water partition coefficient (Wildman–Crippen LogP) is 2.44. The monoisotopic (exact) mass is 394 g/mol. The molecule has 7 nitrogen and oxygen atoms in total. The fourth-order valence-corrected chi connectivity index (χ4v) is 3.06. The van der Waals surface area contributed by atoms with Crippen molar-refractivity contribution in [3.8, 4) is 0 Å². The van der Waals surface area contributed by atoms with Crippen LogP contribution in [0, 0.1) is 0 Å². The molecule has 23 heavy (non-hydrogen) atoms. The lowest BCUT2D eigenvalue weighted by atomic mass is 10.3. The van der Waals surface area contributed by atoms with E-state index in [9.17, 15) is 9.59 Å². The maximum Gasteiger partial charge on any atom is 0.326 e. The number of para-hydroxylation sites is 2. The van der Waals surface area contributed by atoms with Crippen LogP contribution >= 0.6 is 27.3 Å². The molecule has 0 aliphatic heterocycles. The standard InChI is InChI=1S/C14H11BrN4O3S/c15-11-5-16-14(23-11)18-12(20)7-22-13(21)6-19-8-17-9-3-1-2-4-10(9)19/h1-5,8H,6-7H2,(H,16,18,20). The average Bonchev–Trinajstić information content (AvgIpc) is 3.12. The number of carbonyl (C=O) groups excluding carboxylic acids is 2. The van der Waals surface area contributed by atoms with Crippen molar-refractivity contribution in [3.63, 3.8) is 0 Å². The van der Waals surface area contributed by atoms with Gasteiger partial charge in [0, 0.05) is 0 Å². The smallest absolute Gasteiger partial charge is 0.326 e. The fraction of sp³-hybridized carbons (Fsp3) is 0.143. The molecule has 0 fully saturated rings. The number of carbonyl (C=O) groups is 2. The van der Waals surface area contributed by atoms with Gasteiger partial charge in [0.2, 0.25) is 0 Å². The fourth-order valence-electron chi connectivity index (χ4n) is 1.93. The molecule has 1 amide bonds. The molecule has 0 spiro atoms. The van der Waals surface area contributed by atoms with Crippen LogP contribution in [0.2, 0.25) is 0 Å². The van der Waals surface area contributed by atoms with Crippen molar-refractivity contribution in [2.24, 2.45) is 0 Å². The van der Waals surface area contributed by atoms with Gasteiger partial charge >= 0.3 is 5.97 Å². The van der Waals surface area contributed by atoms with Crippen LogP contribution in [0.25, 0.3) is 11.0 Å². The lowest BCUT2D eigenvalue weighted by molar-refractivity contribution is -0.147. The first-order valence-corrected chi connectivity index (χ1v) is 8.19. The zero-order valence-corrected chi connectivity index (χ0v) is 14.1. The second kappa shape index (κ2) is 6.88. The van der Waals surface area contributed by atoms with Gasteiger partial charge in [0.05, 0.1) is 27.3 Å². The predicted molar refractivity (Wildman–Crippen MR) is 89.1 cm³/mol. The normalized spacial score (nSPS) is 10.7. The molecule has 118 valence electrons. The molecule has 0 atom stereocenters. The summed E-state index contributed by atoms with van der Waals surface area (Å²) in [4.78, 5) is 31.7. The SMILES string of the molecule is O=C(COC(=O)Cn1cnc2ccccc21)Nc1ncc(Br)s1. The van der Waals surface area contributed by atoms with Crippen molar-refractivity contribution in [1.29, 1.82) is 0 Å². The number of aromatic nitrogens is 3. The molecule has 0 aliphatic rings. The Labute approximate surface area is 143 Å². The van der Waals surface area contributed by atoms with Gasteiger partial charge in [-0.1, -0.05) is 23.5 Å². The molecule has 0 saturated carbocycles. The van der Waals surface area contributed by atoms with E-state index in [2.05, 4.69) is 31.2 Å². The largest absolute Gasteiger partial charge is 0.454 e. The van der Waals surface area contributed by atoms with Crippen LogP contribution in [0.15, 0.2) is 40.6 Å². The number of halogens is 1. The van der Waals surface area contributed by atoms with Crippen molar-refractivity contribution in [3.05, 3.63) is 40.6 Å². The first-order valence-electron chi connectivity index (χ1n) is 6.58. The number of nitrogens with zero attached hydrogens (tertiary/aromatic N) is 3. The molecule has 0 saturated heterocycles. The zero-order valence-electron chi connectivity index (χ0n) is 11.7. The molecule has 0 bridgehead atoms. The molecule has 3 rings (SSSR count). The highest BCUT2D eigenvalue weighted by molar-refractivity contribution is 9.11. The van der Waals surface area contributed by atoms with Gasteiger partial charge in [-0.15, -0.1) is 0 Å². The van der Waals surface area contributed by atoms with E-state index in [0.717, 1.165) is 14.8 Å². The minimum Gasteiger partial charge on any atom is -0.454 e. The third-order valence-electron chi connectivity index (χ3n) is 2.91. The van der Waals surface area contributed by atoms with Gasteiger partial charge in [-0.05, 0) is 28.1 Å². The number of ether oxygens (including phenoxy) is 1. The lowest BCUT2D eigenvalue weighted by Gasteiger charge is -2.06. The summed E-state index contributed by atoms with van der Waals surface area (Å²) in [7, 11) is 0. The number of hydrogen-bond donors (Lipinski definition) is 1. The van der Waals surface area contributed by atoms with Crippen LogP contribution in [-0.2, 0) is 20.9 Å². The summed E-state index contributed by atoms with van der Waals surface area (Å²) in [6.07, 6.45) is 3.15. The minimum atomic E-state index is -0.511. The van der Waals surface area contributed by atoms with Gasteiger partial charge in [0.1, 0.15) is 6.54 Å². The number of nitrogens with one attached hydrogen (secondary N) is 1. The molecule has 1 N–H and O–H groups in total. The van der Waals surface area contributed by atoms with Gasteiger partial charge in [-0.2, -0.15) is 0 Å². The molecule has 9 heteroatoms. The van der Waals surface area contributed by atoms with Crippen LogP contribution in [0.1, 0.15) is 0 Å². The Bertz CT molecular complexity index is 860. The number of thiazole rings is 1. The van der Waals surface area contributed by atoms with E-state index >= 15 is 0 Å². The van der Waals surface area contributed by atoms with E-state index in [1.165, 1.54) is 11.3 Å². The average molecular weight is 395 g/mol. The van der Waals surface area contributed by atoms with Crippen molar-refractivity contribution >= 4 is 55.3 Å². The van der Waals surface area contributed by atoms with E-state index < -0.39 is 11.9 Å². The number of imidazole rings is 1. The number of anilines is 1. The number of amides is 1. The molecule has 3 aromatic rings. The van der Waals surface area contributed by atoms with Crippen molar-refractivity contribution in [2.75, 3.05) is 11.9 Å². The van der Waals surface area contributed by atoms with Crippen molar-refractivity contribution in [1.82, 2.24) is 14.5 Å². The van der Waals surface area contributed by atoms with Crippen molar-refractivity contribution in [2.45, 2.75) is 6.54 Å². The van der Waals surface area contributed by atoms with Crippen LogP contribution in [-0.4, -0.2) is 33.0 Å². The van der Waals surface area contributed by atoms with Gasteiger partial charge in [-0.25, -0.2) is 9.97 Å². The van der Waals surface area contributed by atoms with Gasteiger partial charge < -0.3 is 9.30 Å². The van der Waals surface area contributed by atoms with E-state index in [-0.39, 0.29) is 13.2 Å². The summed E-state index contributed by atoms with van der Waals surface area (Å²) in [5.41, 5.74) is 1.63. The summed E-state index contributed by atoms with van der Waals surface area (Å²) in [6, 6.07) is 7.46.